The zero-order valence-corrected chi connectivity index (χ0v) is 11.8. The number of hydrogen-bond donors (Lipinski definition) is 1. The zero-order valence-electron chi connectivity index (χ0n) is 11.0. The first-order valence-corrected chi connectivity index (χ1v) is 7.76. The molecule has 0 amide bonds. The lowest BCUT2D eigenvalue weighted by atomic mass is 10.1. The summed E-state index contributed by atoms with van der Waals surface area (Å²) < 4.78 is 2.27. The molecule has 0 spiro atoms. The summed E-state index contributed by atoms with van der Waals surface area (Å²) in [5, 5.41) is 7.78. The third-order valence-electron chi connectivity index (χ3n) is 3.77. The molecule has 0 fully saturated rings. The molecular formula is C16H15N3S. The van der Waals surface area contributed by atoms with E-state index in [2.05, 4.69) is 57.2 Å². The normalized spacial score (nSPS) is 17.5. The molecule has 1 aromatic carbocycles. The molecular weight excluding hydrogens is 266 g/mol. The zero-order chi connectivity index (χ0) is 13.4. The molecule has 3 nitrogen and oxygen atoms in total. The third-order valence-corrected chi connectivity index (χ3v) is 4.47. The minimum Gasteiger partial charge on any atom is -0.356 e. The lowest BCUT2D eigenvalue weighted by molar-refractivity contribution is 0.532. The number of fused-ring (bicyclic) bond motifs is 1. The molecule has 100 valence electrons. The Labute approximate surface area is 121 Å². The fourth-order valence-corrected chi connectivity index (χ4v) is 3.47. The van der Waals surface area contributed by atoms with Crippen LogP contribution < -0.4 is 5.32 Å². The fraction of sp³-hybridized carbons (Fsp3) is 0.188. The first-order chi connectivity index (χ1) is 9.92. The summed E-state index contributed by atoms with van der Waals surface area (Å²) in [5.74, 6) is 0.978. The van der Waals surface area contributed by atoms with Crippen LogP contribution in [-0.2, 0) is 0 Å². The number of imidazole rings is 1. The van der Waals surface area contributed by atoms with Gasteiger partial charge in [0.2, 0.25) is 5.95 Å². The third kappa shape index (κ3) is 1.93. The minimum atomic E-state index is 0.405. The second-order valence-electron chi connectivity index (χ2n) is 5.01. The maximum Gasteiger partial charge on any atom is 0.203 e. The number of aromatic nitrogens is 2. The molecule has 1 atom stereocenters. The number of rotatable bonds is 2. The van der Waals surface area contributed by atoms with Gasteiger partial charge in [-0.3, -0.25) is 0 Å². The SMILES string of the molecule is c1ccc(-c2cn3c(n2)NCCC3c2ccsc2)cc1. The van der Waals surface area contributed by atoms with Crippen molar-refractivity contribution in [2.45, 2.75) is 12.5 Å². The molecule has 0 saturated heterocycles. The molecule has 4 heteroatoms. The molecule has 0 saturated carbocycles. The van der Waals surface area contributed by atoms with Crippen molar-refractivity contribution in [2.75, 3.05) is 11.9 Å². The Kier molecular flexibility index (Phi) is 2.81. The van der Waals surface area contributed by atoms with E-state index in [0.29, 0.717) is 6.04 Å². The first-order valence-electron chi connectivity index (χ1n) is 6.82. The van der Waals surface area contributed by atoms with Crippen molar-refractivity contribution in [3.8, 4) is 11.3 Å². The summed E-state index contributed by atoms with van der Waals surface area (Å²) in [5.41, 5.74) is 3.59. The Hall–Kier alpha value is -2.07. The van der Waals surface area contributed by atoms with Gasteiger partial charge in [0.05, 0.1) is 11.7 Å². The van der Waals surface area contributed by atoms with E-state index in [1.54, 1.807) is 11.3 Å². The summed E-state index contributed by atoms with van der Waals surface area (Å²) in [6, 6.07) is 13.0. The molecule has 3 heterocycles. The van der Waals surface area contributed by atoms with Gasteiger partial charge in [0, 0.05) is 18.3 Å². The van der Waals surface area contributed by atoms with E-state index in [9.17, 15) is 0 Å². The highest BCUT2D eigenvalue weighted by molar-refractivity contribution is 7.07. The van der Waals surface area contributed by atoms with E-state index >= 15 is 0 Å². The van der Waals surface area contributed by atoms with E-state index < -0.39 is 0 Å². The van der Waals surface area contributed by atoms with Crippen molar-refractivity contribution >= 4 is 17.3 Å². The van der Waals surface area contributed by atoms with Gasteiger partial charge in [0.1, 0.15) is 0 Å². The first kappa shape index (κ1) is 11.7. The van der Waals surface area contributed by atoms with Crippen LogP contribution in [0.3, 0.4) is 0 Å². The monoisotopic (exact) mass is 281 g/mol. The van der Waals surface area contributed by atoms with Crippen molar-refractivity contribution in [1.82, 2.24) is 9.55 Å². The van der Waals surface area contributed by atoms with Gasteiger partial charge in [-0.2, -0.15) is 11.3 Å². The van der Waals surface area contributed by atoms with Gasteiger partial charge >= 0.3 is 0 Å². The van der Waals surface area contributed by atoms with Crippen molar-refractivity contribution in [3.05, 3.63) is 58.9 Å². The van der Waals surface area contributed by atoms with Crippen molar-refractivity contribution in [3.63, 3.8) is 0 Å². The second-order valence-corrected chi connectivity index (χ2v) is 5.79. The molecule has 1 aliphatic heterocycles. The van der Waals surface area contributed by atoms with Crippen LogP contribution in [0.25, 0.3) is 11.3 Å². The Morgan fingerprint density at radius 1 is 1.20 bits per heavy atom. The highest BCUT2D eigenvalue weighted by Gasteiger charge is 2.23. The van der Waals surface area contributed by atoms with Crippen LogP contribution in [0.1, 0.15) is 18.0 Å². The summed E-state index contributed by atoms with van der Waals surface area (Å²) >= 11 is 1.76. The molecule has 1 N–H and O–H groups in total. The Morgan fingerprint density at radius 3 is 2.90 bits per heavy atom. The number of benzene rings is 1. The number of anilines is 1. The van der Waals surface area contributed by atoms with E-state index in [-0.39, 0.29) is 0 Å². The molecule has 0 aliphatic carbocycles. The lowest BCUT2D eigenvalue weighted by Gasteiger charge is -2.25. The molecule has 0 bridgehead atoms. The van der Waals surface area contributed by atoms with Crippen LogP contribution in [0.2, 0.25) is 0 Å². The van der Waals surface area contributed by atoms with Gasteiger partial charge in [0.25, 0.3) is 0 Å². The van der Waals surface area contributed by atoms with Crippen LogP contribution in [0.15, 0.2) is 53.4 Å². The van der Waals surface area contributed by atoms with Crippen LogP contribution in [-0.4, -0.2) is 16.1 Å². The number of nitrogens with one attached hydrogen (secondary N) is 1. The molecule has 20 heavy (non-hydrogen) atoms. The van der Waals surface area contributed by atoms with E-state index in [1.165, 1.54) is 11.1 Å². The van der Waals surface area contributed by atoms with E-state index in [1.807, 2.05) is 6.07 Å². The Bertz CT molecular complexity index is 701. The average Bonchev–Trinajstić information content (AvgIpc) is 3.17. The Balaban J connectivity index is 1.78. The standard InChI is InChI=1S/C16H15N3S/c1-2-4-12(5-3-1)14-10-19-15(13-7-9-20-11-13)6-8-17-16(19)18-14/h1-5,7,9-11,15H,6,8H2,(H,17,18). The molecule has 1 aliphatic rings. The van der Waals surface area contributed by atoms with Crippen LogP contribution in [0.4, 0.5) is 5.95 Å². The van der Waals surface area contributed by atoms with E-state index in [4.69, 9.17) is 4.98 Å². The average molecular weight is 281 g/mol. The maximum atomic E-state index is 4.74. The van der Waals surface area contributed by atoms with Crippen LogP contribution in [0, 0.1) is 0 Å². The predicted molar refractivity (Wildman–Crippen MR) is 83.2 cm³/mol. The highest BCUT2D eigenvalue weighted by Crippen LogP contribution is 2.33. The summed E-state index contributed by atoms with van der Waals surface area (Å²) in [6.45, 7) is 0.978. The van der Waals surface area contributed by atoms with Gasteiger partial charge in [-0.25, -0.2) is 4.98 Å². The highest BCUT2D eigenvalue weighted by atomic mass is 32.1. The summed E-state index contributed by atoms with van der Waals surface area (Å²) in [6.07, 6.45) is 3.27. The van der Waals surface area contributed by atoms with Crippen molar-refractivity contribution < 1.29 is 0 Å². The number of nitrogens with zero attached hydrogens (tertiary/aromatic N) is 2. The number of hydrogen-bond acceptors (Lipinski definition) is 3. The quantitative estimate of drug-likeness (QED) is 0.769. The summed E-state index contributed by atoms with van der Waals surface area (Å²) in [4.78, 5) is 4.74. The molecule has 1 unspecified atom stereocenters. The topological polar surface area (TPSA) is 29.9 Å². The van der Waals surface area contributed by atoms with Crippen LogP contribution in [0.5, 0.6) is 0 Å². The molecule has 3 aromatic rings. The predicted octanol–water partition coefficient (Wildman–Crippen LogP) is 4.02. The molecule has 4 rings (SSSR count). The Morgan fingerprint density at radius 2 is 2.10 bits per heavy atom. The maximum absolute atomic E-state index is 4.74. The van der Waals surface area contributed by atoms with Crippen molar-refractivity contribution in [2.24, 2.45) is 0 Å². The largest absolute Gasteiger partial charge is 0.356 e. The fourth-order valence-electron chi connectivity index (χ4n) is 2.76. The summed E-state index contributed by atoms with van der Waals surface area (Å²) in [7, 11) is 0. The van der Waals surface area contributed by atoms with Gasteiger partial charge in [0.15, 0.2) is 0 Å². The van der Waals surface area contributed by atoms with Crippen molar-refractivity contribution in [1.29, 1.82) is 0 Å². The van der Waals surface area contributed by atoms with Gasteiger partial charge in [-0.1, -0.05) is 30.3 Å². The van der Waals surface area contributed by atoms with E-state index in [0.717, 1.165) is 24.6 Å². The van der Waals surface area contributed by atoms with Crippen LogP contribution >= 0.6 is 11.3 Å². The smallest absolute Gasteiger partial charge is 0.203 e. The molecule has 0 radical (unpaired) electrons. The minimum absolute atomic E-state index is 0.405. The van der Waals surface area contributed by atoms with Gasteiger partial charge in [-0.15, -0.1) is 0 Å². The second kappa shape index (κ2) is 4.80. The number of thiophene rings is 1. The van der Waals surface area contributed by atoms with Gasteiger partial charge in [-0.05, 0) is 28.8 Å². The molecule has 2 aromatic heterocycles. The van der Waals surface area contributed by atoms with Gasteiger partial charge < -0.3 is 9.88 Å². The lowest BCUT2D eigenvalue weighted by Crippen LogP contribution is -2.22.